The van der Waals surface area contributed by atoms with Crippen LogP contribution >= 0.6 is 0 Å². The molecule has 1 aliphatic rings. The van der Waals surface area contributed by atoms with Gasteiger partial charge in [-0.2, -0.15) is 0 Å². The fourth-order valence-corrected chi connectivity index (χ4v) is 2.88. The molecule has 0 amide bonds. The molecule has 0 fully saturated rings. The lowest BCUT2D eigenvalue weighted by molar-refractivity contribution is 0.145. The number of anilines is 1. The van der Waals surface area contributed by atoms with E-state index in [9.17, 15) is 0 Å². The van der Waals surface area contributed by atoms with Crippen LogP contribution in [0.2, 0.25) is 0 Å². The Hall–Kier alpha value is -1.75. The molecule has 0 aromatic heterocycles. The number of hydrogen-bond donors (Lipinski definition) is 2. The molecule has 0 bridgehead atoms. The first-order chi connectivity index (χ1) is 11.2. The van der Waals surface area contributed by atoms with Gasteiger partial charge in [-0.3, -0.25) is 4.99 Å². The van der Waals surface area contributed by atoms with Crippen LogP contribution in [0.3, 0.4) is 0 Å². The van der Waals surface area contributed by atoms with Crippen LogP contribution in [0.4, 0.5) is 5.69 Å². The molecule has 0 aliphatic carbocycles. The molecule has 5 nitrogen and oxygen atoms in total. The number of hydrogen-bond acceptors (Lipinski definition) is 3. The highest BCUT2D eigenvalue weighted by Crippen LogP contribution is 2.26. The third-order valence-electron chi connectivity index (χ3n) is 4.14. The van der Waals surface area contributed by atoms with Crippen LogP contribution in [0, 0.1) is 0 Å². The van der Waals surface area contributed by atoms with Crippen LogP contribution in [0.5, 0.6) is 0 Å². The fraction of sp³-hybridized carbons (Fsp3) is 0.611. The normalized spacial score (nSPS) is 14.6. The van der Waals surface area contributed by atoms with Crippen LogP contribution < -0.4 is 15.5 Å². The Balaban J connectivity index is 1.80. The van der Waals surface area contributed by atoms with E-state index >= 15 is 0 Å². The van der Waals surface area contributed by atoms with Gasteiger partial charge in [0.05, 0.1) is 0 Å². The zero-order chi connectivity index (χ0) is 16.5. The molecule has 1 aliphatic heterocycles. The highest BCUT2D eigenvalue weighted by atomic mass is 16.5. The van der Waals surface area contributed by atoms with Crippen LogP contribution in [-0.2, 0) is 17.7 Å². The molecule has 0 spiro atoms. The molecule has 0 radical (unpaired) electrons. The van der Waals surface area contributed by atoms with Gasteiger partial charge in [-0.25, -0.2) is 0 Å². The first-order valence-corrected chi connectivity index (χ1v) is 8.59. The van der Waals surface area contributed by atoms with Gasteiger partial charge in [0.25, 0.3) is 0 Å². The molecule has 0 saturated carbocycles. The van der Waals surface area contributed by atoms with E-state index in [-0.39, 0.29) is 0 Å². The minimum absolute atomic E-state index is 0.778. The van der Waals surface area contributed by atoms with E-state index in [1.165, 1.54) is 29.7 Å². The van der Waals surface area contributed by atoms with Crippen molar-refractivity contribution in [1.82, 2.24) is 10.6 Å². The molecule has 0 atom stereocenters. The highest BCUT2D eigenvalue weighted by Gasteiger charge is 2.13. The SMILES string of the molecule is CCOCCCNC(=NC)NCc1ccc2c(c1)CCCN2C. The summed E-state index contributed by atoms with van der Waals surface area (Å²) >= 11 is 0. The van der Waals surface area contributed by atoms with E-state index in [4.69, 9.17) is 4.74 Å². The summed E-state index contributed by atoms with van der Waals surface area (Å²) in [4.78, 5) is 6.61. The maximum Gasteiger partial charge on any atom is 0.191 e. The lowest BCUT2D eigenvalue weighted by Crippen LogP contribution is -2.37. The zero-order valence-corrected chi connectivity index (χ0v) is 14.7. The van der Waals surface area contributed by atoms with E-state index in [0.717, 1.165) is 45.2 Å². The van der Waals surface area contributed by atoms with Gasteiger partial charge in [-0.1, -0.05) is 12.1 Å². The molecule has 1 aromatic rings. The van der Waals surface area contributed by atoms with Crippen molar-refractivity contribution in [2.45, 2.75) is 32.7 Å². The number of aliphatic imine (C=N–C) groups is 1. The number of benzene rings is 1. The summed E-state index contributed by atoms with van der Waals surface area (Å²) < 4.78 is 5.34. The van der Waals surface area contributed by atoms with Crippen LogP contribution in [0.25, 0.3) is 0 Å². The fourth-order valence-electron chi connectivity index (χ4n) is 2.88. The number of nitrogens with one attached hydrogen (secondary N) is 2. The van der Waals surface area contributed by atoms with E-state index in [1.807, 2.05) is 6.92 Å². The molecule has 23 heavy (non-hydrogen) atoms. The molecule has 1 aromatic carbocycles. The summed E-state index contributed by atoms with van der Waals surface area (Å²) in [6.07, 6.45) is 3.40. The Kier molecular flexibility index (Phi) is 7.20. The van der Waals surface area contributed by atoms with Crippen molar-refractivity contribution in [3.8, 4) is 0 Å². The quantitative estimate of drug-likeness (QED) is 0.459. The predicted octanol–water partition coefficient (Wildman–Crippen LogP) is 2.16. The molecule has 1 heterocycles. The molecule has 128 valence electrons. The summed E-state index contributed by atoms with van der Waals surface area (Å²) in [6, 6.07) is 6.76. The predicted molar refractivity (Wildman–Crippen MR) is 97.3 cm³/mol. The van der Waals surface area contributed by atoms with Crippen molar-refractivity contribution in [1.29, 1.82) is 0 Å². The largest absolute Gasteiger partial charge is 0.382 e. The lowest BCUT2D eigenvalue weighted by atomic mass is 9.99. The van der Waals surface area contributed by atoms with Crippen molar-refractivity contribution in [2.75, 3.05) is 45.3 Å². The van der Waals surface area contributed by atoms with Crippen LogP contribution in [-0.4, -0.2) is 46.4 Å². The average molecular weight is 318 g/mol. The average Bonchev–Trinajstić information content (AvgIpc) is 2.57. The minimum atomic E-state index is 0.778. The molecular formula is C18H30N4O. The second-order valence-electron chi connectivity index (χ2n) is 5.89. The van der Waals surface area contributed by atoms with Gasteiger partial charge in [-0.05, 0) is 43.4 Å². The summed E-state index contributed by atoms with van der Waals surface area (Å²) in [5.41, 5.74) is 4.13. The highest BCUT2D eigenvalue weighted by molar-refractivity contribution is 5.79. The summed E-state index contributed by atoms with van der Waals surface area (Å²) in [7, 11) is 3.98. The van der Waals surface area contributed by atoms with Crippen LogP contribution in [0.15, 0.2) is 23.2 Å². The van der Waals surface area contributed by atoms with Crippen molar-refractivity contribution in [3.63, 3.8) is 0 Å². The second-order valence-corrected chi connectivity index (χ2v) is 5.89. The Morgan fingerprint density at radius 3 is 3.00 bits per heavy atom. The number of aryl methyl sites for hydroxylation is 1. The van der Waals surface area contributed by atoms with Gasteiger partial charge >= 0.3 is 0 Å². The van der Waals surface area contributed by atoms with Gasteiger partial charge in [0, 0.05) is 52.6 Å². The van der Waals surface area contributed by atoms with Crippen LogP contribution in [0.1, 0.15) is 30.9 Å². The molecule has 2 rings (SSSR count). The third kappa shape index (κ3) is 5.43. The first kappa shape index (κ1) is 17.6. The topological polar surface area (TPSA) is 48.9 Å². The maximum atomic E-state index is 5.34. The Labute approximate surface area is 140 Å². The molecule has 2 N–H and O–H groups in total. The van der Waals surface area contributed by atoms with Crippen molar-refractivity contribution < 1.29 is 4.74 Å². The maximum absolute atomic E-state index is 5.34. The molecule has 0 unspecified atom stereocenters. The first-order valence-electron chi connectivity index (χ1n) is 8.59. The van der Waals surface area contributed by atoms with Gasteiger partial charge in [0.2, 0.25) is 0 Å². The smallest absolute Gasteiger partial charge is 0.191 e. The van der Waals surface area contributed by atoms with E-state index in [0.29, 0.717) is 0 Å². The second kappa shape index (κ2) is 9.40. The molecular weight excluding hydrogens is 288 g/mol. The Bertz CT molecular complexity index is 516. The number of rotatable bonds is 7. The van der Waals surface area contributed by atoms with Gasteiger partial charge in [0.1, 0.15) is 0 Å². The number of ether oxygens (including phenoxy) is 1. The van der Waals surface area contributed by atoms with E-state index in [1.54, 1.807) is 7.05 Å². The lowest BCUT2D eigenvalue weighted by Gasteiger charge is -2.28. The summed E-state index contributed by atoms with van der Waals surface area (Å²) in [5, 5.41) is 6.70. The Morgan fingerprint density at radius 2 is 2.22 bits per heavy atom. The van der Waals surface area contributed by atoms with E-state index < -0.39 is 0 Å². The zero-order valence-electron chi connectivity index (χ0n) is 14.7. The third-order valence-corrected chi connectivity index (χ3v) is 4.14. The number of nitrogens with zero attached hydrogens (tertiary/aromatic N) is 2. The monoisotopic (exact) mass is 318 g/mol. The van der Waals surface area contributed by atoms with Gasteiger partial charge < -0.3 is 20.3 Å². The number of guanidine groups is 1. The van der Waals surface area contributed by atoms with Crippen molar-refractivity contribution >= 4 is 11.6 Å². The standard InChI is InChI=1S/C18H30N4O/c1-4-23-12-6-10-20-18(19-2)21-14-15-8-9-17-16(13-15)7-5-11-22(17)3/h8-9,13H,4-7,10-12,14H2,1-3H3,(H2,19,20,21). The Morgan fingerprint density at radius 1 is 1.35 bits per heavy atom. The van der Waals surface area contributed by atoms with Crippen molar-refractivity contribution in [3.05, 3.63) is 29.3 Å². The van der Waals surface area contributed by atoms with Crippen molar-refractivity contribution in [2.24, 2.45) is 4.99 Å². The van der Waals surface area contributed by atoms with Gasteiger partial charge in [-0.15, -0.1) is 0 Å². The number of fused-ring (bicyclic) bond motifs is 1. The van der Waals surface area contributed by atoms with Gasteiger partial charge in [0.15, 0.2) is 5.96 Å². The summed E-state index contributed by atoms with van der Waals surface area (Å²) in [6.45, 7) is 6.41. The van der Waals surface area contributed by atoms with E-state index in [2.05, 4.69) is 45.8 Å². The molecule has 5 heteroatoms. The summed E-state index contributed by atoms with van der Waals surface area (Å²) in [5.74, 6) is 0.844. The minimum Gasteiger partial charge on any atom is -0.382 e. The molecule has 0 saturated heterocycles.